The van der Waals surface area contributed by atoms with E-state index in [2.05, 4.69) is 15.5 Å². The Morgan fingerprint density at radius 3 is 2.44 bits per heavy atom. The summed E-state index contributed by atoms with van der Waals surface area (Å²) in [6.45, 7) is 0. The molecule has 0 radical (unpaired) electrons. The second-order valence-corrected chi connectivity index (χ2v) is 7.10. The van der Waals surface area contributed by atoms with Crippen LogP contribution in [0.4, 0.5) is 0 Å². The molecular formula is C26H21N3O5. The summed E-state index contributed by atoms with van der Waals surface area (Å²) in [7, 11) is 3.01. The van der Waals surface area contributed by atoms with Crippen LogP contribution in [0, 0.1) is 0 Å². The second-order valence-electron chi connectivity index (χ2n) is 7.10. The standard InChI is InChI=1S/C26H21N3O5/c1-32-23-12-10-18(14-24(23)33-2)26(31)34-22-11-9-17-6-3-4-8-20(17)21(22)16-28-29-25(30)19-7-5-13-27-15-19/h3-16H,1-2H3,(H,29,30)/b28-16-. The number of carbonyl (C=O) groups is 2. The van der Waals surface area contributed by atoms with Crippen LogP contribution in [0.5, 0.6) is 17.2 Å². The predicted molar refractivity (Wildman–Crippen MR) is 128 cm³/mol. The Kier molecular flexibility index (Phi) is 6.78. The molecule has 0 saturated heterocycles. The minimum absolute atomic E-state index is 0.290. The summed E-state index contributed by atoms with van der Waals surface area (Å²) in [5.41, 5.74) is 3.68. The van der Waals surface area contributed by atoms with E-state index in [1.165, 1.54) is 26.6 Å². The number of rotatable bonds is 7. The fourth-order valence-electron chi connectivity index (χ4n) is 3.34. The average Bonchev–Trinajstić information content (AvgIpc) is 2.89. The minimum Gasteiger partial charge on any atom is -0.493 e. The number of esters is 1. The Morgan fingerprint density at radius 1 is 0.882 bits per heavy atom. The molecule has 0 aliphatic carbocycles. The van der Waals surface area contributed by atoms with Gasteiger partial charge in [0.25, 0.3) is 5.91 Å². The summed E-state index contributed by atoms with van der Waals surface area (Å²) >= 11 is 0. The van der Waals surface area contributed by atoms with E-state index in [1.54, 1.807) is 42.6 Å². The molecule has 4 rings (SSSR count). The number of hydrogen-bond donors (Lipinski definition) is 1. The molecule has 0 fully saturated rings. The summed E-state index contributed by atoms with van der Waals surface area (Å²) in [4.78, 5) is 29.1. The van der Waals surface area contributed by atoms with Crippen molar-refractivity contribution in [3.8, 4) is 17.2 Å². The van der Waals surface area contributed by atoms with E-state index in [1.807, 2.05) is 30.3 Å². The summed E-state index contributed by atoms with van der Waals surface area (Å²) in [5, 5.41) is 5.81. The van der Waals surface area contributed by atoms with Gasteiger partial charge in [-0.2, -0.15) is 5.10 Å². The Morgan fingerprint density at radius 2 is 1.68 bits per heavy atom. The third kappa shape index (κ3) is 4.86. The molecule has 0 saturated carbocycles. The molecule has 8 nitrogen and oxygen atoms in total. The van der Waals surface area contributed by atoms with Crippen molar-refractivity contribution >= 4 is 28.9 Å². The Balaban J connectivity index is 1.63. The number of benzene rings is 3. The highest BCUT2D eigenvalue weighted by molar-refractivity contribution is 6.04. The number of methoxy groups -OCH3 is 2. The molecule has 1 heterocycles. The maximum atomic E-state index is 12.9. The first-order valence-corrected chi connectivity index (χ1v) is 10.3. The number of hydrazone groups is 1. The predicted octanol–water partition coefficient (Wildman–Crippen LogP) is 4.24. The number of pyridine rings is 1. The van der Waals surface area contributed by atoms with E-state index >= 15 is 0 Å². The Hall–Kier alpha value is -4.72. The van der Waals surface area contributed by atoms with Gasteiger partial charge < -0.3 is 14.2 Å². The molecule has 0 spiro atoms. The van der Waals surface area contributed by atoms with Crippen molar-refractivity contribution < 1.29 is 23.8 Å². The highest BCUT2D eigenvalue weighted by Gasteiger charge is 2.16. The fourth-order valence-corrected chi connectivity index (χ4v) is 3.34. The van der Waals surface area contributed by atoms with E-state index < -0.39 is 11.9 Å². The lowest BCUT2D eigenvalue weighted by atomic mass is 10.0. The Labute approximate surface area is 195 Å². The van der Waals surface area contributed by atoms with E-state index in [-0.39, 0.29) is 5.75 Å². The fraction of sp³-hybridized carbons (Fsp3) is 0.0769. The van der Waals surface area contributed by atoms with Crippen molar-refractivity contribution in [3.05, 3.63) is 95.8 Å². The molecule has 1 amide bonds. The molecule has 0 unspecified atom stereocenters. The normalized spacial score (nSPS) is 10.8. The molecule has 0 bridgehead atoms. The molecule has 34 heavy (non-hydrogen) atoms. The Bertz CT molecular complexity index is 1370. The average molecular weight is 455 g/mol. The highest BCUT2D eigenvalue weighted by Crippen LogP contribution is 2.30. The maximum absolute atomic E-state index is 12.9. The number of nitrogens with one attached hydrogen (secondary N) is 1. The summed E-state index contributed by atoms with van der Waals surface area (Å²) in [6.07, 6.45) is 4.47. The van der Waals surface area contributed by atoms with Crippen LogP contribution < -0.4 is 19.6 Å². The van der Waals surface area contributed by atoms with E-state index in [0.29, 0.717) is 28.2 Å². The minimum atomic E-state index is -0.578. The lowest BCUT2D eigenvalue weighted by molar-refractivity contribution is 0.0734. The second kappa shape index (κ2) is 10.3. The number of nitrogens with zero attached hydrogens (tertiary/aromatic N) is 2. The van der Waals surface area contributed by atoms with Crippen molar-refractivity contribution in [1.29, 1.82) is 0 Å². The zero-order chi connectivity index (χ0) is 23.9. The smallest absolute Gasteiger partial charge is 0.343 e. The van der Waals surface area contributed by atoms with Crippen molar-refractivity contribution in [2.45, 2.75) is 0 Å². The van der Waals surface area contributed by atoms with Gasteiger partial charge in [0, 0.05) is 18.0 Å². The van der Waals surface area contributed by atoms with E-state index in [0.717, 1.165) is 10.8 Å². The SMILES string of the molecule is COc1ccc(C(=O)Oc2ccc3ccccc3c2/C=N\NC(=O)c2cccnc2)cc1OC. The monoisotopic (exact) mass is 455 g/mol. The molecule has 0 aliphatic heterocycles. The molecule has 8 heteroatoms. The number of fused-ring (bicyclic) bond motifs is 1. The molecule has 0 atom stereocenters. The van der Waals surface area contributed by atoms with Crippen LogP contribution in [-0.2, 0) is 0 Å². The summed E-state index contributed by atoms with van der Waals surface area (Å²) < 4.78 is 16.2. The lowest BCUT2D eigenvalue weighted by Crippen LogP contribution is -2.18. The molecular weight excluding hydrogens is 434 g/mol. The molecule has 170 valence electrons. The van der Waals surface area contributed by atoms with Crippen molar-refractivity contribution in [3.63, 3.8) is 0 Å². The summed E-state index contributed by atoms with van der Waals surface area (Å²) in [5.74, 6) is 0.217. The van der Waals surface area contributed by atoms with Gasteiger partial charge in [0.1, 0.15) is 5.75 Å². The number of hydrogen-bond acceptors (Lipinski definition) is 7. The van der Waals surface area contributed by atoms with E-state index in [4.69, 9.17) is 14.2 Å². The molecule has 3 aromatic carbocycles. The van der Waals surface area contributed by atoms with Gasteiger partial charge in [-0.05, 0) is 47.2 Å². The first-order chi connectivity index (χ1) is 16.6. The topological polar surface area (TPSA) is 99.1 Å². The number of aromatic nitrogens is 1. The lowest BCUT2D eigenvalue weighted by Gasteiger charge is -2.12. The van der Waals surface area contributed by atoms with Crippen LogP contribution in [0.2, 0.25) is 0 Å². The zero-order valence-corrected chi connectivity index (χ0v) is 18.5. The van der Waals surface area contributed by atoms with Gasteiger partial charge in [-0.25, -0.2) is 10.2 Å². The van der Waals surface area contributed by atoms with E-state index in [9.17, 15) is 9.59 Å². The van der Waals surface area contributed by atoms with Gasteiger partial charge in [-0.1, -0.05) is 30.3 Å². The largest absolute Gasteiger partial charge is 0.493 e. The number of amides is 1. The van der Waals surface area contributed by atoms with Crippen LogP contribution in [0.1, 0.15) is 26.3 Å². The molecule has 1 N–H and O–H groups in total. The molecule has 1 aromatic heterocycles. The van der Waals surface area contributed by atoms with Crippen molar-refractivity contribution in [2.75, 3.05) is 14.2 Å². The van der Waals surface area contributed by atoms with Gasteiger partial charge in [0.15, 0.2) is 11.5 Å². The van der Waals surface area contributed by atoms with Crippen LogP contribution in [-0.4, -0.2) is 37.3 Å². The third-order valence-corrected chi connectivity index (χ3v) is 5.04. The number of carbonyl (C=O) groups excluding carboxylic acids is 2. The molecule has 0 aliphatic rings. The molecule has 4 aromatic rings. The van der Waals surface area contributed by atoms with Gasteiger partial charge >= 0.3 is 5.97 Å². The van der Waals surface area contributed by atoms with Crippen LogP contribution in [0.3, 0.4) is 0 Å². The van der Waals surface area contributed by atoms with Crippen molar-refractivity contribution in [2.24, 2.45) is 5.10 Å². The zero-order valence-electron chi connectivity index (χ0n) is 18.5. The first-order valence-electron chi connectivity index (χ1n) is 10.3. The maximum Gasteiger partial charge on any atom is 0.343 e. The number of ether oxygens (including phenoxy) is 3. The van der Waals surface area contributed by atoms with Crippen LogP contribution >= 0.6 is 0 Å². The van der Waals surface area contributed by atoms with Gasteiger partial charge in [0.2, 0.25) is 0 Å². The van der Waals surface area contributed by atoms with Crippen LogP contribution in [0.25, 0.3) is 10.8 Å². The van der Waals surface area contributed by atoms with Gasteiger partial charge in [0.05, 0.1) is 31.6 Å². The highest BCUT2D eigenvalue weighted by atomic mass is 16.5. The first kappa shape index (κ1) is 22.5. The van der Waals surface area contributed by atoms with Gasteiger partial charge in [-0.3, -0.25) is 9.78 Å². The van der Waals surface area contributed by atoms with Crippen LogP contribution in [0.15, 0.2) is 84.2 Å². The summed E-state index contributed by atoms with van der Waals surface area (Å²) in [6, 6.07) is 19.2. The third-order valence-electron chi connectivity index (χ3n) is 5.04. The van der Waals surface area contributed by atoms with Gasteiger partial charge in [-0.15, -0.1) is 0 Å². The quantitative estimate of drug-likeness (QED) is 0.194. The van der Waals surface area contributed by atoms with Crippen molar-refractivity contribution in [1.82, 2.24) is 10.4 Å².